The van der Waals surface area contributed by atoms with Crippen molar-refractivity contribution < 1.29 is 4.74 Å². The molecule has 1 heterocycles. The highest BCUT2D eigenvalue weighted by Crippen LogP contribution is 2.32. The third-order valence-electron chi connectivity index (χ3n) is 2.95. The van der Waals surface area contributed by atoms with Crippen molar-refractivity contribution in [3.8, 4) is 5.75 Å². The molecular weight excluding hydrogens is 245 g/mol. The summed E-state index contributed by atoms with van der Waals surface area (Å²) in [7, 11) is 1.59. The van der Waals surface area contributed by atoms with Crippen LogP contribution in [0.1, 0.15) is 18.4 Å². The van der Waals surface area contributed by atoms with E-state index in [1.54, 1.807) is 13.2 Å². The minimum Gasteiger partial charge on any atom is -0.495 e. The summed E-state index contributed by atoms with van der Waals surface area (Å²) in [6.07, 6.45) is 3.38. The highest BCUT2D eigenvalue weighted by Gasteiger charge is 2.17. The lowest BCUT2D eigenvalue weighted by molar-refractivity contribution is 0.415. The molecule has 0 spiro atoms. The van der Waals surface area contributed by atoms with Gasteiger partial charge in [0.15, 0.2) is 0 Å². The lowest BCUT2D eigenvalue weighted by Gasteiger charge is -2.13. The van der Waals surface area contributed by atoms with Gasteiger partial charge < -0.3 is 10.1 Å². The van der Waals surface area contributed by atoms with Gasteiger partial charge in [-0.3, -0.25) is 0 Å². The standard InChI is InChI=1S/C12H15Cl2NO/c1-16-12-7-10(13)8(6-11(12)14)5-9-3-2-4-15-9/h6-7,9,15H,2-5H2,1H3. The van der Waals surface area contributed by atoms with Crippen LogP contribution in [-0.2, 0) is 6.42 Å². The van der Waals surface area contributed by atoms with Crippen molar-refractivity contribution in [1.82, 2.24) is 5.32 Å². The number of benzene rings is 1. The Morgan fingerprint density at radius 3 is 2.81 bits per heavy atom. The highest BCUT2D eigenvalue weighted by atomic mass is 35.5. The zero-order chi connectivity index (χ0) is 11.5. The molecule has 0 saturated carbocycles. The molecule has 0 bridgehead atoms. The van der Waals surface area contributed by atoms with Gasteiger partial charge in [0.25, 0.3) is 0 Å². The van der Waals surface area contributed by atoms with E-state index in [4.69, 9.17) is 27.9 Å². The van der Waals surface area contributed by atoms with Crippen molar-refractivity contribution >= 4 is 23.2 Å². The van der Waals surface area contributed by atoms with Crippen LogP contribution in [0.15, 0.2) is 12.1 Å². The Morgan fingerprint density at radius 1 is 1.38 bits per heavy atom. The second-order valence-corrected chi connectivity index (χ2v) is 4.89. The van der Waals surface area contributed by atoms with Gasteiger partial charge in [-0.1, -0.05) is 23.2 Å². The van der Waals surface area contributed by atoms with Gasteiger partial charge in [-0.05, 0) is 37.4 Å². The fourth-order valence-corrected chi connectivity index (χ4v) is 2.57. The molecule has 4 heteroatoms. The molecule has 0 radical (unpaired) electrons. The summed E-state index contributed by atoms with van der Waals surface area (Å²) in [6, 6.07) is 4.22. The zero-order valence-electron chi connectivity index (χ0n) is 9.22. The number of methoxy groups -OCH3 is 1. The Morgan fingerprint density at radius 2 is 2.19 bits per heavy atom. The number of nitrogens with one attached hydrogen (secondary N) is 1. The summed E-state index contributed by atoms with van der Waals surface area (Å²) >= 11 is 12.3. The van der Waals surface area contributed by atoms with E-state index in [1.807, 2.05) is 6.07 Å². The van der Waals surface area contributed by atoms with E-state index in [-0.39, 0.29) is 0 Å². The molecule has 2 rings (SSSR count). The number of ether oxygens (including phenoxy) is 1. The molecule has 1 fully saturated rings. The van der Waals surface area contributed by atoms with Gasteiger partial charge in [0, 0.05) is 17.1 Å². The maximum atomic E-state index is 6.19. The number of halogens is 2. The maximum Gasteiger partial charge on any atom is 0.138 e. The molecule has 0 aliphatic carbocycles. The van der Waals surface area contributed by atoms with E-state index in [0.29, 0.717) is 16.8 Å². The van der Waals surface area contributed by atoms with E-state index in [9.17, 15) is 0 Å². The first kappa shape index (κ1) is 12.0. The molecule has 1 atom stereocenters. The highest BCUT2D eigenvalue weighted by molar-refractivity contribution is 6.34. The number of hydrogen-bond donors (Lipinski definition) is 1. The summed E-state index contributed by atoms with van der Waals surface area (Å²) in [5.74, 6) is 0.634. The van der Waals surface area contributed by atoms with Gasteiger partial charge in [0.2, 0.25) is 0 Å². The predicted molar refractivity (Wildman–Crippen MR) is 67.7 cm³/mol. The van der Waals surface area contributed by atoms with Crippen LogP contribution in [0.2, 0.25) is 10.0 Å². The first-order valence-corrected chi connectivity index (χ1v) is 6.21. The van der Waals surface area contributed by atoms with E-state index < -0.39 is 0 Å². The molecule has 0 amide bonds. The maximum absolute atomic E-state index is 6.19. The van der Waals surface area contributed by atoms with Crippen molar-refractivity contribution in [1.29, 1.82) is 0 Å². The second kappa shape index (κ2) is 5.26. The van der Waals surface area contributed by atoms with E-state index in [0.717, 1.165) is 23.6 Å². The zero-order valence-corrected chi connectivity index (χ0v) is 10.7. The van der Waals surface area contributed by atoms with Crippen LogP contribution < -0.4 is 10.1 Å². The van der Waals surface area contributed by atoms with Crippen LogP contribution in [0.3, 0.4) is 0 Å². The Balaban J connectivity index is 2.17. The molecule has 88 valence electrons. The summed E-state index contributed by atoms with van der Waals surface area (Å²) in [5.41, 5.74) is 1.09. The number of hydrogen-bond acceptors (Lipinski definition) is 2. The normalized spacial score (nSPS) is 20.1. The molecule has 2 nitrogen and oxygen atoms in total. The van der Waals surface area contributed by atoms with Crippen molar-refractivity contribution in [2.24, 2.45) is 0 Å². The number of rotatable bonds is 3. The summed E-state index contributed by atoms with van der Waals surface area (Å²) in [5, 5.41) is 4.80. The molecular formula is C12H15Cl2NO. The van der Waals surface area contributed by atoms with Gasteiger partial charge in [-0.15, -0.1) is 0 Å². The Bertz CT molecular complexity index is 376. The topological polar surface area (TPSA) is 21.3 Å². The van der Waals surface area contributed by atoms with Crippen LogP contribution in [0.4, 0.5) is 0 Å². The largest absolute Gasteiger partial charge is 0.495 e. The van der Waals surface area contributed by atoms with Crippen LogP contribution in [0, 0.1) is 0 Å². The summed E-state index contributed by atoms with van der Waals surface area (Å²) < 4.78 is 5.12. The van der Waals surface area contributed by atoms with Gasteiger partial charge in [0.1, 0.15) is 5.75 Å². The first-order chi connectivity index (χ1) is 7.70. The molecule has 1 aliphatic heterocycles. The van der Waals surface area contributed by atoms with E-state index in [2.05, 4.69) is 5.32 Å². The third-order valence-corrected chi connectivity index (χ3v) is 3.60. The summed E-state index contributed by atoms with van der Waals surface area (Å²) in [4.78, 5) is 0. The van der Waals surface area contributed by atoms with Crippen LogP contribution in [0.25, 0.3) is 0 Å². The van der Waals surface area contributed by atoms with Gasteiger partial charge in [-0.2, -0.15) is 0 Å². The smallest absolute Gasteiger partial charge is 0.138 e. The molecule has 0 aromatic heterocycles. The molecule has 1 aromatic rings. The molecule has 1 aliphatic rings. The quantitative estimate of drug-likeness (QED) is 0.900. The lowest BCUT2D eigenvalue weighted by atomic mass is 10.0. The van der Waals surface area contributed by atoms with E-state index >= 15 is 0 Å². The van der Waals surface area contributed by atoms with Crippen molar-refractivity contribution in [2.45, 2.75) is 25.3 Å². The van der Waals surface area contributed by atoms with Crippen molar-refractivity contribution in [3.63, 3.8) is 0 Å². The van der Waals surface area contributed by atoms with Gasteiger partial charge in [-0.25, -0.2) is 0 Å². The average molecular weight is 260 g/mol. The Labute approximate surface area is 106 Å². The Hall–Kier alpha value is -0.440. The van der Waals surface area contributed by atoms with Crippen LogP contribution in [0.5, 0.6) is 5.75 Å². The molecule has 1 saturated heterocycles. The minimum absolute atomic E-state index is 0.530. The monoisotopic (exact) mass is 259 g/mol. The fourth-order valence-electron chi connectivity index (χ4n) is 2.08. The fraction of sp³-hybridized carbons (Fsp3) is 0.500. The van der Waals surface area contributed by atoms with E-state index in [1.165, 1.54) is 12.8 Å². The second-order valence-electron chi connectivity index (χ2n) is 4.08. The SMILES string of the molecule is COc1cc(Cl)c(CC2CCCN2)cc1Cl. The average Bonchev–Trinajstić information content (AvgIpc) is 2.75. The molecule has 16 heavy (non-hydrogen) atoms. The van der Waals surface area contributed by atoms with Crippen LogP contribution >= 0.6 is 23.2 Å². The molecule has 1 aromatic carbocycles. The lowest BCUT2D eigenvalue weighted by Crippen LogP contribution is -2.23. The Kier molecular flexibility index (Phi) is 3.95. The minimum atomic E-state index is 0.530. The van der Waals surface area contributed by atoms with Crippen molar-refractivity contribution in [3.05, 3.63) is 27.7 Å². The van der Waals surface area contributed by atoms with Crippen molar-refractivity contribution in [2.75, 3.05) is 13.7 Å². The first-order valence-electron chi connectivity index (χ1n) is 5.46. The van der Waals surface area contributed by atoms with Gasteiger partial charge in [0.05, 0.1) is 12.1 Å². The molecule has 1 N–H and O–H groups in total. The molecule has 1 unspecified atom stereocenters. The van der Waals surface area contributed by atoms with Gasteiger partial charge >= 0.3 is 0 Å². The van der Waals surface area contributed by atoms with Crippen LogP contribution in [-0.4, -0.2) is 19.7 Å². The third kappa shape index (κ3) is 2.62. The summed E-state index contributed by atoms with van der Waals surface area (Å²) in [6.45, 7) is 1.10. The predicted octanol–water partition coefficient (Wildman–Crippen LogP) is 3.30.